The minimum absolute atomic E-state index is 0.0522. The van der Waals surface area contributed by atoms with Gasteiger partial charge in [0.25, 0.3) is 0 Å². The Labute approximate surface area is 200 Å². The first-order chi connectivity index (χ1) is 15.9. The summed E-state index contributed by atoms with van der Waals surface area (Å²) in [5.41, 5.74) is -1.31. The number of aliphatic hydroxyl groups excluding tert-OH is 1. The number of nitrogens with one attached hydrogen (secondary N) is 1. The first kappa shape index (κ1) is 29.6. The van der Waals surface area contributed by atoms with Gasteiger partial charge in [-0.3, -0.25) is 14.4 Å². The van der Waals surface area contributed by atoms with Crippen molar-refractivity contribution in [2.24, 2.45) is 5.41 Å². The Kier molecular flexibility index (Phi) is 11.7. The third-order valence-electron chi connectivity index (χ3n) is 4.86. The van der Waals surface area contributed by atoms with Crippen LogP contribution in [0, 0.1) is 5.41 Å². The number of amides is 1. The van der Waals surface area contributed by atoms with Crippen molar-refractivity contribution in [3.63, 3.8) is 0 Å². The molecule has 3 N–H and O–H groups in total. The van der Waals surface area contributed by atoms with Gasteiger partial charge in [-0.25, -0.2) is 4.57 Å². The first-order valence-corrected chi connectivity index (χ1v) is 12.5. The standard InChI is InChI=1S/C22H35N2O9P/c1-6-31-18(25)13-14-23-20(27)19(26)22(4,5)15-24(16(3)21(28)32-7-2)34(29,30)33-17-11-9-8-10-12-17/h8-12,16,19,26H,6-7,13-15H2,1-5H3,(H,23,27)(H,29,30)/t16-,19-/m0/s1. The predicted octanol–water partition coefficient (Wildman–Crippen LogP) is 1.88. The highest BCUT2D eigenvalue weighted by Gasteiger charge is 2.45. The number of benzene rings is 1. The van der Waals surface area contributed by atoms with Crippen molar-refractivity contribution < 1.29 is 42.9 Å². The lowest BCUT2D eigenvalue weighted by Crippen LogP contribution is -2.51. The fraction of sp³-hybridized carbons (Fsp3) is 0.591. The summed E-state index contributed by atoms with van der Waals surface area (Å²) in [4.78, 5) is 47.1. The number of carbonyl (C=O) groups is 3. The average Bonchev–Trinajstić information content (AvgIpc) is 2.77. The van der Waals surface area contributed by atoms with Crippen LogP contribution in [0.15, 0.2) is 30.3 Å². The molecule has 0 aliphatic heterocycles. The molecule has 34 heavy (non-hydrogen) atoms. The lowest BCUT2D eigenvalue weighted by molar-refractivity contribution is -0.148. The van der Waals surface area contributed by atoms with Crippen molar-refractivity contribution in [3.05, 3.63) is 30.3 Å². The van der Waals surface area contributed by atoms with Crippen molar-refractivity contribution in [1.82, 2.24) is 9.99 Å². The second-order valence-electron chi connectivity index (χ2n) is 8.16. The van der Waals surface area contributed by atoms with Crippen LogP contribution >= 0.6 is 7.75 Å². The van der Waals surface area contributed by atoms with Crippen molar-refractivity contribution in [3.8, 4) is 5.75 Å². The molecule has 0 heterocycles. The molecule has 192 valence electrons. The van der Waals surface area contributed by atoms with E-state index in [9.17, 15) is 28.9 Å². The highest BCUT2D eigenvalue weighted by Crippen LogP contribution is 2.49. The van der Waals surface area contributed by atoms with Gasteiger partial charge in [-0.2, -0.15) is 4.67 Å². The summed E-state index contributed by atoms with van der Waals surface area (Å²) >= 11 is 0. The van der Waals surface area contributed by atoms with Crippen LogP contribution in [0.5, 0.6) is 5.75 Å². The Balaban J connectivity index is 3.05. The molecule has 0 aliphatic carbocycles. The minimum Gasteiger partial charge on any atom is -0.466 e. The van der Waals surface area contributed by atoms with E-state index in [0.29, 0.717) is 0 Å². The van der Waals surface area contributed by atoms with Gasteiger partial charge in [0.05, 0.1) is 19.6 Å². The molecule has 0 spiro atoms. The van der Waals surface area contributed by atoms with Gasteiger partial charge in [0.1, 0.15) is 17.9 Å². The van der Waals surface area contributed by atoms with Crippen LogP contribution in [-0.4, -0.2) is 71.0 Å². The molecule has 3 atom stereocenters. The summed E-state index contributed by atoms with van der Waals surface area (Å²) in [7, 11) is -4.64. The van der Waals surface area contributed by atoms with Gasteiger partial charge >= 0.3 is 19.7 Å². The van der Waals surface area contributed by atoms with Gasteiger partial charge in [0.15, 0.2) is 0 Å². The maximum Gasteiger partial charge on any atom is 0.459 e. The summed E-state index contributed by atoms with van der Waals surface area (Å²) < 4.78 is 29.2. The molecule has 0 bridgehead atoms. The molecular formula is C22H35N2O9P. The van der Waals surface area contributed by atoms with E-state index in [1.54, 1.807) is 32.0 Å². The van der Waals surface area contributed by atoms with Crippen molar-refractivity contribution >= 4 is 25.6 Å². The molecule has 1 unspecified atom stereocenters. The van der Waals surface area contributed by atoms with Crippen molar-refractivity contribution in [1.29, 1.82) is 0 Å². The van der Waals surface area contributed by atoms with Gasteiger partial charge in [-0.05, 0) is 32.9 Å². The molecule has 1 amide bonds. The van der Waals surface area contributed by atoms with Crippen LogP contribution in [-0.2, 0) is 28.4 Å². The molecule has 11 nitrogen and oxygen atoms in total. The summed E-state index contributed by atoms with van der Waals surface area (Å²) in [5, 5.41) is 13.1. The number of esters is 2. The monoisotopic (exact) mass is 502 g/mol. The Morgan fingerprint density at radius 1 is 1.12 bits per heavy atom. The molecular weight excluding hydrogens is 467 g/mol. The molecule has 0 aromatic heterocycles. The fourth-order valence-electron chi connectivity index (χ4n) is 2.98. The average molecular weight is 503 g/mol. The van der Waals surface area contributed by atoms with Crippen LogP contribution in [0.1, 0.15) is 41.0 Å². The first-order valence-electron chi connectivity index (χ1n) is 11.0. The smallest absolute Gasteiger partial charge is 0.459 e. The van der Waals surface area contributed by atoms with Gasteiger partial charge < -0.3 is 29.3 Å². The number of rotatable bonds is 14. The lowest BCUT2D eigenvalue weighted by Gasteiger charge is -2.38. The largest absolute Gasteiger partial charge is 0.466 e. The van der Waals surface area contributed by atoms with Crippen LogP contribution in [0.25, 0.3) is 0 Å². The summed E-state index contributed by atoms with van der Waals surface area (Å²) in [5.74, 6) is -1.94. The zero-order valence-electron chi connectivity index (χ0n) is 20.2. The highest BCUT2D eigenvalue weighted by molar-refractivity contribution is 7.50. The summed E-state index contributed by atoms with van der Waals surface area (Å²) in [6.07, 6.45) is -1.71. The molecule has 12 heteroatoms. The zero-order chi connectivity index (χ0) is 25.9. The van der Waals surface area contributed by atoms with E-state index in [0.717, 1.165) is 4.67 Å². The lowest BCUT2D eigenvalue weighted by atomic mass is 9.85. The third-order valence-corrected chi connectivity index (χ3v) is 6.44. The van der Waals surface area contributed by atoms with E-state index in [2.05, 4.69) is 5.32 Å². The van der Waals surface area contributed by atoms with E-state index >= 15 is 0 Å². The predicted molar refractivity (Wildman–Crippen MR) is 124 cm³/mol. The van der Waals surface area contributed by atoms with Gasteiger partial charge in [-0.15, -0.1) is 0 Å². The van der Waals surface area contributed by atoms with E-state index < -0.39 is 43.2 Å². The van der Waals surface area contributed by atoms with E-state index in [4.69, 9.17) is 14.0 Å². The second-order valence-corrected chi connectivity index (χ2v) is 9.84. The van der Waals surface area contributed by atoms with Crippen LogP contribution < -0.4 is 9.84 Å². The number of para-hydroxylation sites is 1. The van der Waals surface area contributed by atoms with Gasteiger partial charge in [0, 0.05) is 18.5 Å². The minimum atomic E-state index is -4.64. The fourth-order valence-corrected chi connectivity index (χ4v) is 4.55. The maximum absolute atomic E-state index is 13.2. The number of ether oxygens (including phenoxy) is 2. The van der Waals surface area contributed by atoms with Crippen LogP contribution in [0.3, 0.4) is 0 Å². The van der Waals surface area contributed by atoms with E-state index in [-0.39, 0.29) is 38.5 Å². The number of aliphatic hydroxyl groups is 1. The van der Waals surface area contributed by atoms with E-state index in [1.165, 1.54) is 32.9 Å². The van der Waals surface area contributed by atoms with Gasteiger partial charge in [-0.1, -0.05) is 32.0 Å². The molecule has 1 rings (SSSR count). The number of nitrogens with zero attached hydrogens (tertiary/aromatic N) is 1. The zero-order valence-corrected chi connectivity index (χ0v) is 21.1. The topological polar surface area (TPSA) is 152 Å². The SMILES string of the molecule is CCOC(=O)CCNC(=O)[C@H](O)C(C)(C)CN([C@@H](C)C(=O)OCC)P(=O)(O)Oc1ccccc1. The summed E-state index contributed by atoms with van der Waals surface area (Å²) in [6, 6.07) is 6.66. The molecule has 0 fully saturated rings. The maximum atomic E-state index is 13.2. The molecule has 0 radical (unpaired) electrons. The number of hydrogen-bond donors (Lipinski definition) is 3. The molecule has 1 aromatic rings. The molecule has 0 aliphatic rings. The quantitative estimate of drug-likeness (QED) is 0.254. The van der Waals surface area contributed by atoms with Crippen molar-refractivity contribution in [2.75, 3.05) is 26.3 Å². The van der Waals surface area contributed by atoms with E-state index in [1.807, 2.05) is 0 Å². The normalized spacial score (nSPS) is 15.1. The van der Waals surface area contributed by atoms with Gasteiger partial charge in [0.2, 0.25) is 5.91 Å². The number of hydrogen-bond acceptors (Lipinski definition) is 8. The third kappa shape index (κ3) is 9.06. The molecule has 0 saturated carbocycles. The highest BCUT2D eigenvalue weighted by atomic mass is 31.2. The Hall–Kier alpha value is -2.46. The van der Waals surface area contributed by atoms with Crippen molar-refractivity contribution in [2.45, 2.75) is 53.2 Å². The number of carbonyl (C=O) groups excluding carboxylic acids is 3. The Morgan fingerprint density at radius 3 is 2.26 bits per heavy atom. The summed E-state index contributed by atoms with van der Waals surface area (Å²) in [6.45, 7) is 7.46. The molecule has 1 aromatic carbocycles. The Bertz CT molecular complexity index is 863. The second kappa shape index (κ2) is 13.4. The van der Waals surface area contributed by atoms with Crippen LogP contribution in [0.2, 0.25) is 0 Å². The Morgan fingerprint density at radius 2 is 1.71 bits per heavy atom. The molecule has 0 saturated heterocycles. The van der Waals surface area contributed by atoms with Crippen LogP contribution in [0.4, 0.5) is 0 Å².